The van der Waals surface area contributed by atoms with Gasteiger partial charge < -0.3 is 4.74 Å². The fraction of sp³-hybridized carbons (Fsp3) is 0.429. The number of carbonyl (C=O) groups excluding carboxylic acids is 1. The first-order chi connectivity index (χ1) is 10.0. The third-order valence-corrected chi connectivity index (χ3v) is 2.88. The van der Waals surface area contributed by atoms with Gasteiger partial charge in [-0.05, 0) is 24.5 Å². The van der Waals surface area contributed by atoms with Crippen LogP contribution in [0.2, 0.25) is 0 Å². The van der Waals surface area contributed by atoms with E-state index in [0.29, 0.717) is 17.8 Å². The number of halogens is 1. The second kappa shape index (κ2) is 6.43. The highest BCUT2D eigenvalue weighted by molar-refractivity contribution is 5.88. The van der Waals surface area contributed by atoms with E-state index < -0.39 is 11.8 Å². The lowest BCUT2D eigenvalue weighted by Crippen LogP contribution is -2.13. The monoisotopic (exact) mass is 292 g/mol. The van der Waals surface area contributed by atoms with Gasteiger partial charge in [-0.3, -0.25) is 4.98 Å². The van der Waals surface area contributed by atoms with Crippen molar-refractivity contribution in [1.82, 2.24) is 20.0 Å². The Morgan fingerprint density at radius 1 is 1.43 bits per heavy atom. The smallest absolute Gasteiger partial charge is 0.360 e. The molecule has 0 aliphatic carbocycles. The quantitative estimate of drug-likeness (QED) is 0.790. The minimum Gasteiger partial charge on any atom is -0.461 e. The number of hydrogen-bond donors (Lipinski definition) is 0. The summed E-state index contributed by atoms with van der Waals surface area (Å²) >= 11 is 0. The van der Waals surface area contributed by atoms with Crippen molar-refractivity contribution < 1.29 is 13.9 Å². The molecule has 0 unspecified atom stereocenters. The zero-order valence-electron chi connectivity index (χ0n) is 12.2. The number of pyridine rings is 1. The largest absolute Gasteiger partial charge is 0.461 e. The Labute approximate surface area is 121 Å². The van der Waals surface area contributed by atoms with E-state index in [0.717, 1.165) is 6.20 Å². The average molecular weight is 292 g/mol. The highest BCUT2D eigenvalue weighted by Crippen LogP contribution is 2.19. The van der Waals surface area contributed by atoms with Crippen molar-refractivity contribution in [3.05, 3.63) is 41.2 Å². The summed E-state index contributed by atoms with van der Waals surface area (Å²) in [5.74, 6) is -0.880. The first kappa shape index (κ1) is 15.1. The summed E-state index contributed by atoms with van der Waals surface area (Å²) in [5.41, 5.74) is 1.52. The van der Waals surface area contributed by atoms with Crippen molar-refractivity contribution >= 4 is 5.97 Å². The topological polar surface area (TPSA) is 69.9 Å². The first-order valence-electron chi connectivity index (χ1n) is 6.72. The molecule has 0 N–H and O–H groups in total. The molecule has 0 aromatic carbocycles. The summed E-state index contributed by atoms with van der Waals surface area (Å²) in [5, 5.41) is 7.88. The number of nitrogens with zero attached hydrogens (tertiary/aromatic N) is 4. The number of aromatic nitrogens is 4. The SMILES string of the molecule is CCOC(=O)c1nnn(Cc2cncc(F)c2)c1C(C)C. The predicted molar refractivity (Wildman–Crippen MR) is 73.4 cm³/mol. The van der Waals surface area contributed by atoms with E-state index in [1.54, 1.807) is 17.8 Å². The molecule has 2 aromatic rings. The number of carbonyl (C=O) groups is 1. The standard InChI is InChI=1S/C14H17FN4O2/c1-4-21-14(20)12-13(9(2)3)19(18-17-12)8-10-5-11(15)7-16-6-10/h5-7,9H,4,8H2,1-3H3. The lowest BCUT2D eigenvalue weighted by Gasteiger charge is -2.10. The maximum absolute atomic E-state index is 13.2. The molecule has 0 saturated carbocycles. The van der Waals surface area contributed by atoms with Crippen LogP contribution in [0.15, 0.2) is 18.5 Å². The molecule has 0 spiro atoms. The van der Waals surface area contributed by atoms with Gasteiger partial charge in [-0.1, -0.05) is 19.1 Å². The highest BCUT2D eigenvalue weighted by Gasteiger charge is 2.23. The van der Waals surface area contributed by atoms with E-state index in [2.05, 4.69) is 15.3 Å². The third-order valence-electron chi connectivity index (χ3n) is 2.88. The van der Waals surface area contributed by atoms with Gasteiger partial charge in [0.1, 0.15) is 5.82 Å². The fourth-order valence-corrected chi connectivity index (χ4v) is 2.07. The van der Waals surface area contributed by atoms with E-state index >= 15 is 0 Å². The van der Waals surface area contributed by atoms with Crippen LogP contribution in [0.5, 0.6) is 0 Å². The summed E-state index contributed by atoms with van der Waals surface area (Å²) in [6.07, 6.45) is 2.69. The van der Waals surface area contributed by atoms with Gasteiger partial charge in [0.15, 0.2) is 5.69 Å². The molecular formula is C14H17FN4O2. The molecule has 21 heavy (non-hydrogen) atoms. The molecule has 0 radical (unpaired) electrons. The Balaban J connectivity index is 2.34. The van der Waals surface area contributed by atoms with Crippen LogP contribution in [0.25, 0.3) is 0 Å². The van der Waals surface area contributed by atoms with Gasteiger partial charge in [0, 0.05) is 6.20 Å². The molecule has 0 aliphatic rings. The van der Waals surface area contributed by atoms with E-state index in [-0.39, 0.29) is 18.2 Å². The summed E-state index contributed by atoms with van der Waals surface area (Å²) < 4.78 is 19.7. The molecule has 2 aromatic heterocycles. The van der Waals surface area contributed by atoms with Gasteiger partial charge in [0.25, 0.3) is 0 Å². The van der Waals surface area contributed by atoms with Crippen molar-refractivity contribution in [1.29, 1.82) is 0 Å². The number of hydrogen-bond acceptors (Lipinski definition) is 5. The van der Waals surface area contributed by atoms with Gasteiger partial charge in [-0.25, -0.2) is 13.9 Å². The van der Waals surface area contributed by atoms with Gasteiger partial charge in [-0.2, -0.15) is 0 Å². The van der Waals surface area contributed by atoms with Crippen LogP contribution < -0.4 is 0 Å². The van der Waals surface area contributed by atoms with Gasteiger partial charge >= 0.3 is 5.97 Å². The normalized spacial score (nSPS) is 10.9. The molecule has 0 atom stereocenters. The van der Waals surface area contributed by atoms with Crippen LogP contribution >= 0.6 is 0 Å². The van der Waals surface area contributed by atoms with E-state index in [9.17, 15) is 9.18 Å². The molecule has 0 aliphatic heterocycles. The number of rotatable bonds is 5. The van der Waals surface area contributed by atoms with Crippen LogP contribution in [0.3, 0.4) is 0 Å². The van der Waals surface area contributed by atoms with E-state index in [4.69, 9.17) is 4.74 Å². The summed E-state index contributed by atoms with van der Waals surface area (Å²) in [6.45, 7) is 6.17. The average Bonchev–Trinajstić information content (AvgIpc) is 2.83. The van der Waals surface area contributed by atoms with E-state index in [1.165, 1.54) is 6.07 Å². The maximum atomic E-state index is 13.2. The lowest BCUT2D eigenvalue weighted by atomic mass is 10.1. The van der Waals surface area contributed by atoms with Gasteiger partial charge in [-0.15, -0.1) is 5.10 Å². The summed E-state index contributed by atoms with van der Waals surface area (Å²) in [7, 11) is 0. The van der Waals surface area contributed by atoms with Crippen LogP contribution in [-0.4, -0.2) is 32.6 Å². The van der Waals surface area contributed by atoms with Crippen LogP contribution in [0.4, 0.5) is 4.39 Å². The van der Waals surface area contributed by atoms with Crippen LogP contribution in [-0.2, 0) is 11.3 Å². The first-order valence-corrected chi connectivity index (χ1v) is 6.72. The molecule has 0 saturated heterocycles. The predicted octanol–water partition coefficient (Wildman–Crippen LogP) is 2.16. The Morgan fingerprint density at radius 3 is 2.81 bits per heavy atom. The molecule has 2 heterocycles. The zero-order valence-corrected chi connectivity index (χ0v) is 12.2. The molecular weight excluding hydrogens is 275 g/mol. The maximum Gasteiger partial charge on any atom is 0.360 e. The van der Waals surface area contributed by atoms with E-state index in [1.807, 2.05) is 13.8 Å². The summed E-state index contributed by atoms with van der Waals surface area (Å²) in [4.78, 5) is 15.7. The Kier molecular flexibility index (Phi) is 4.62. The summed E-state index contributed by atoms with van der Waals surface area (Å²) in [6, 6.07) is 1.38. The minimum absolute atomic E-state index is 0.0286. The highest BCUT2D eigenvalue weighted by atomic mass is 19.1. The molecule has 0 fully saturated rings. The second-order valence-corrected chi connectivity index (χ2v) is 4.87. The molecule has 0 bridgehead atoms. The molecule has 112 valence electrons. The number of ether oxygens (including phenoxy) is 1. The number of esters is 1. The van der Waals surface area contributed by atoms with Crippen molar-refractivity contribution in [2.75, 3.05) is 6.61 Å². The Morgan fingerprint density at radius 2 is 2.19 bits per heavy atom. The van der Waals surface area contributed by atoms with Gasteiger partial charge in [0.2, 0.25) is 0 Å². The lowest BCUT2D eigenvalue weighted by molar-refractivity contribution is 0.0517. The van der Waals surface area contributed by atoms with Crippen LogP contribution in [0, 0.1) is 5.82 Å². The van der Waals surface area contributed by atoms with Crippen molar-refractivity contribution in [2.45, 2.75) is 33.2 Å². The molecule has 7 heteroatoms. The second-order valence-electron chi connectivity index (χ2n) is 4.87. The Hall–Kier alpha value is -2.31. The molecule has 6 nitrogen and oxygen atoms in total. The zero-order chi connectivity index (χ0) is 15.4. The third kappa shape index (κ3) is 3.42. The van der Waals surface area contributed by atoms with Gasteiger partial charge in [0.05, 0.1) is 25.0 Å². The fourth-order valence-electron chi connectivity index (χ4n) is 2.07. The van der Waals surface area contributed by atoms with Crippen molar-refractivity contribution in [3.63, 3.8) is 0 Å². The Bertz CT molecular complexity index is 640. The molecule has 0 amide bonds. The van der Waals surface area contributed by atoms with Crippen molar-refractivity contribution in [2.24, 2.45) is 0 Å². The van der Waals surface area contributed by atoms with Crippen LogP contribution in [0.1, 0.15) is 48.4 Å². The van der Waals surface area contributed by atoms with Crippen molar-refractivity contribution in [3.8, 4) is 0 Å². The molecule has 2 rings (SSSR count). The minimum atomic E-state index is -0.496.